The van der Waals surface area contributed by atoms with E-state index in [1.165, 1.54) is 44.9 Å². The van der Waals surface area contributed by atoms with Gasteiger partial charge in [0.2, 0.25) is 0 Å². The van der Waals surface area contributed by atoms with Crippen LogP contribution in [0.25, 0.3) is 0 Å². The van der Waals surface area contributed by atoms with Gasteiger partial charge < -0.3 is 5.21 Å². The van der Waals surface area contributed by atoms with Crippen LogP contribution in [0.3, 0.4) is 0 Å². The molecule has 96 valence electrons. The lowest BCUT2D eigenvalue weighted by atomic mass is 10.1. The van der Waals surface area contributed by atoms with Crippen LogP contribution in [0.15, 0.2) is 0 Å². The van der Waals surface area contributed by atoms with Crippen LogP contribution in [0, 0.1) is 5.21 Å². The monoisotopic (exact) mass is 228 g/mol. The molecule has 0 spiro atoms. The van der Waals surface area contributed by atoms with Crippen molar-refractivity contribution in [3.8, 4) is 0 Å². The number of hydroxylamine groups is 2. The lowest BCUT2D eigenvalue weighted by Crippen LogP contribution is -2.48. The van der Waals surface area contributed by atoms with Crippen molar-refractivity contribution in [1.29, 1.82) is 0 Å². The van der Waals surface area contributed by atoms with Crippen molar-refractivity contribution in [3.63, 3.8) is 0 Å². The van der Waals surface area contributed by atoms with Crippen molar-refractivity contribution in [2.75, 3.05) is 19.6 Å². The third-order valence-electron chi connectivity index (χ3n) is 3.47. The Morgan fingerprint density at radius 3 is 2.19 bits per heavy atom. The van der Waals surface area contributed by atoms with E-state index in [1.54, 1.807) is 0 Å². The van der Waals surface area contributed by atoms with Crippen LogP contribution in [0.1, 0.15) is 64.7 Å². The van der Waals surface area contributed by atoms with E-state index in [0.717, 1.165) is 32.5 Å². The molecule has 1 fully saturated rings. The quantitative estimate of drug-likeness (QED) is 0.373. The second kappa shape index (κ2) is 8.04. The van der Waals surface area contributed by atoms with E-state index in [1.807, 2.05) is 0 Å². The maximum atomic E-state index is 11.9. The second-order valence-electron chi connectivity index (χ2n) is 5.07. The summed E-state index contributed by atoms with van der Waals surface area (Å²) in [5.41, 5.74) is 3.03. The topological polar surface area (TPSA) is 35.1 Å². The van der Waals surface area contributed by atoms with Gasteiger partial charge in [0.1, 0.15) is 0 Å². The van der Waals surface area contributed by atoms with Gasteiger partial charge in [0, 0.05) is 6.42 Å². The molecule has 0 bridgehead atoms. The summed E-state index contributed by atoms with van der Waals surface area (Å²) in [4.78, 5) is 0. The highest BCUT2D eigenvalue weighted by molar-refractivity contribution is 4.52. The smallest absolute Gasteiger partial charge is 0.0974 e. The van der Waals surface area contributed by atoms with Gasteiger partial charge in [-0.15, -0.1) is 0 Å². The van der Waals surface area contributed by atoms with E-state index < -0.39 is 0 Å². The Labute approximate surface area is 100 Å². The lowest BCUT2D eigenvalue weighted by molar-refractivity contribution is -0.911. The molecule has 1 heterocycles. The summed E-state index contributed by atoms with van der Waals surface area (Å²) in [6, 6.07) is 0. The summed E-state index contributed by atoms with van der Waals surface area (Å²) in [5, 5.41) is 11.9. The van der Waals surface area contributed by atoms with Gasteiger partial charge >= 0.3 is 0 Å². The first-order valence-electron chi connectivity index (χ1n) is 7.10. The van der Waals surface area contributed by atoms with Crippen LogP contribution in [0.5, 0.6) is 0 Å². The van der Waals surface area contributed by atoms with E-state index in [0.29, 0.717) is 0 Å². The first-order valence-corrected chi connectivity index (χ1v) is 7.10. The third-order valence-corrected chi connectivity index (χ3v) is 3.47. The summed E-state index contributed by atoms with van der Waals surface area (Å²) in [6.45, 7) is 4.70. The Hall–Kier alpha value is -0.120. The molecule has 0 saturated carbocycles. The Morgan fingerprint density at radius 2 is 1.62 bits per heavy atom. The molecule has 3 nitrogen and oxygen atoms in total. The minimum absolute atomic E-state index is 0.129. The molecular formula is C13H28N2O. The van der Waals surface area contributed by atoms with Crippen LogP contribution >= 0.6 is 0 Å². The summed E-state index contributed by atoms with van der Waals surface area (Å²) in [7, 11) is 0. The van der Waals surface area contributed by atoms with Gasteiger partial charge in [0.05, 0.1) is 19.6 Å². The third kappa shape index (κ3) is 5.83. The summed E-state index contributed by atoms with van der Waals surface area (Å²) < 4.78 is -0.129. The Balaban J connectivity index is 1.84. The minimum Gasteiger partial charge on any atom is -0.612 e. The second-order valence-corrected chi connectivity index (χ2v) is 5.07. The van der Waals surface area contributed by atoms with Gasteiger partial charge in [-0.3, -0.25) is 4.76 Å². The van der Waals surface area contributed by atoms with Crippen LogP contribution in [0.4, 0.5) is 0 Å². The maximum Gasteiger partial charge on any atom is 0.0974 e. The summed E-state index contributed by atoms with van der Waals surface area (Å²) in [6.07, 6.45) is 11.5. The van der Waals surface area contributed by atoms with Crippen LogP contribution < -0.4 is 5.43 Å². The fraction of sp³-hybridized carbons (Fsp3) is 1.00. The number of rotatable bonds is 9. The highest BCUT2D eigenvalue weighted by Gasteiger charge is 2.21. The fourth-order valence-electron chi connectivity index (χ4n) is 2.39. The molecule has 1 unspecified atom stereocenters. The van der Waals surface area contributed by atoms with Gasteiger partial charge in [0.25, 0.3) is 0 Å². The molecule has 0 aromatic heterocycles. The predicted octanol–water partition coefficient (Wildman–Crippen LogP) is 3.35. The number of unbranched alkanes of at least 4 members (excludes halogenated alkanes) is 7. The SMILES string of the molecule is CCCCCCCCCC[N+]1([O-])CCCN1. The lowest BCUT2D eigenvalue weighted by Gasteiger charge is -2.36. The van der Waals surface area contributed by atoms with E-state index in [4.69, 9.17) is 0 Å². The number of nitrogens with one attached hydrogen (secondary N) is 1. The highest BCUT2D eigenvalue weighted by atomic mass is 16.6. The van der Waals surface area contributed by atoms with Crippen molar-refractivity contribution in [1.82, 2.24) is 5.43 Å². The molecule has 1 N–H and O–H groups in total. The summed E-state index contributed by atoms with van der Waals surface area (Å²) in [5.74, 6) is 0. The molecule has 0 aromatic rings. The van der Waals surface area contributed by atoms with E-state index in [-0.39, 0.29) is 4.76 Å². The van der Waals surface area contributed by atoms with Gasteiger partial charge in [-0.25, -0.2) is 0 Å². The normalized spacial score (nSPS) is 25.1. The largest absolute Gasteiger partial charge is 0.612 e. The van der Waals surface area contributed by atoms with Crippen LogP contribution in [-0.2, 0) is 0 Å². The Kier molecular flexibility index (Phi) is 7.01. The van der Waals surface area contributed by atoms with E-state index in [2.05, 4.69) is 12.3 Å². The van der Waals surface area contributed by atoms with Gasteiger partial charge in [-0.05, 0) is 12.8 Å². The molecule has 0 aliphatic carbocycles. The number of quaternary nitrogens is 1. The fourth-order valence-corrected chi connectivity index (χ4v) is 2.39. The number of hydrogen-bond acceptors (Lipinski definition) is 2. The predicted molar refractivity (Wildman–Crippen MR) is 68.6 cm³/mol. The Morgan fingerprint density at radius 1 is 1.00 bits per heavy atom. The number of hydrogen-bond donors (Lipinski definition) is 1. The standard InChI is InChI=1S/C13H28N2O/c1-2-3-4-5-6-7-8-9-12-15(16)13-10-11-14-15/h14H,2-13H2,1H3. The van der Waals surface area contributed by atoms with Crippen molar-refractivity contribution >= 4 is 0 Å². The molecule has 0 aromatic carbocycles. The summed E-state index contributed by atoms with van der Waals surface area (Å²) >= 11 is 0. The zero-order valence-electron chi connectivity index (χ0n) is 10.8. The average Bonchev–Trinajstić information content (AvgIpc) is 2.70. The molecule has 1 saturated heterocycles. The highest BCUT2D eigenvalue weighted by Crippen LogP contribution is 2.13. The Bertz CT molecular complexity index is 167. The molecule has 0 radical (unpaired) electrons. The van der Waals surface area contributed by atoms with Crippen LogP contribution in [-0.4, -0.2) is 24.4 Å². The number of nitrogens with zero attached hydrogens (tertiary/aromatic N) is 1. The molecule has 16 heavy (non-hydrogen) atoms. The first kappa shape index (κ1) is 13.9. The van der Waals surface area contributed by atoms with Gasteiger partial charge in [-0.1, -0.05) is 45.4 Å². The van der Waals surface area contributed by atoms with Gasteiger partial charge in [0.15, 0.2) is 0 Å². The molecule has 1 aliphatic rings. The molecule has 0 amide bonds. The minimum atomic E-state index is -0.129. The molecule has 1 aliphatic heterocycles. The van der Waals surface area contributed by atoms with Crippen molar-refractivity contribution in [2.24, 2.45) is 0 Å². The van der Waals surface area contributed by atoms with Crippen molar-refractivity contribution in [3.05, 3.63) is 5.21 Å². The van der Waals surface area contributed by atoms with E-state index in [9.17, 15) is 5.21 Å². The van der Waals surface area contributed by atoms with Crippen LogP contribution in [0.2, 0.25) is 0 Å². The molecule has 1 atom stereocenters. The van der Waals surface area contributed by atoms with Crippen molar-refractivity contribution < 1.29 is 4.76 Å². The van der Waals surface area contributed by atoms with Gasteiger partial charge in [-0.2, -0.15) is 5.43 Å². The average molecular weight is 228 g/mol. The molecule has 1 rings (SSSR count). The molecule has 3 heteroatoms. The zero-order chi connectivity index (χ0) is 11.7. The molecular weight excluding hydrogens is 200 g/mol. The maximum absolute atomic E-state index is 11.9. The zero-order valence-corrected chi connectivity index (χ0v) is 10.8. The van der Waals surface area contributed by atoms with Crippen molar-refractivity contribution in [2.45, 2.75) is 64.7 Å². The van der Waals surface area contributed by atoms with E-state index >= 15 is 0 Å². The first-order chi connectivity index (χ1) is 7.77.